The molecular formula is C23H45N7O11. The molecule has 18 heteroatoms. The molecule has 0 spiro atoms. The second-order valence-corrected chi connectivity index (χ2v) is 11.1. The number of nitrogens with two attached hydrogens (primary N) is 5. The minimum atomic E-state index is -1.66. The molecule has 0 bridgehead atoms. The molecule has 0 aromatic rings. The molecule has 17 atom stereocenters. The Morgan fingerprint density at radius 3 is 2.17 bits per heavy atom. The number of aliphatic hydroxyl groups is 5. The molecular weight excluding hydrogens is 550 g/mol. The first-order chi connectivity index (χ1) is 19.4. The van der Waals surface area contributed by atoms with Crippen LogP contribution in [-0.4, -0.2) is 156 Å². The largest absolute Gasteiger partial charge is 0.394 e. The minimum absolute atomic E-state index is 0.158. The van der Waals surface area contributed by atoms with E-state index < -0.39 is 116 Å². The van der Waals surface area contributed by atoms with E-state index in [1.54, 1.807) is 7.05 Å². The predicted molar refractivity (Wildman–Crippen MR) is 138 cm³/mol. The molecule has 41 heavy (non-hydrogen) atoms. The quantitative estimate of drug-likeness (QED) is 0.124. The molecule has 0 aromatic heterocycles. The second-order valence-electron chi connectivity index (χ2n) is 11.1. The summed E-state index contributed by atoms with van der Waals surface area (Å²) in [6, 6.07) is -4.86. The fourth-order valence-corrected chi connectivity index (χ4v) is 5.92. The smallest absolute Gasteiger partial charge is 0.234 e. The van der Waals surface area contributed by atoms with Crippen molar-refractivity contribution in [1.29, 1.82) is 0 Å². The van der Waals surface area contributed by atoms with Crippen LogP contribution in [0.3, 0.4) is 0 Å². The van der Waals surface area contributed by atoms with Crippen LogP contribution in [-0.2, 0) is 28.5 Å². The van der Waals surface area contributed by atoms with Gasteiger partial charge < -0.3 is 88.5 Å². The molecule has 4 rings (SSSR count). The van der Waals surface area contributed by atoms with Crippen LogP contribution in [0.4, 0.5) is 0 Å². The molecule has 1 aliphatic carbocycles. The van der Waals surface area contributed by atoms with E-state index in [0.29, 0.717) is 0 Å². The van der Waals surface area contributed by atoms with E-state index in [4.69, 9.17) is 52.4 Å². The molecule has 3 aliphatic heterocycles. The number of likely N-dealkylation sites (N-methyl/N-ethyl adjacent to an activating group) is 1. The van der Waals surface area contributed by atoms with Gasteiger partial charge in [0, 0.05) is 12.1 Å². The number of ether oxygens (including phenoxy) is 5. The van der Waals surface area contributed by atoms with Crippen LogP contribution in [0.25, 0.3) is 0 Å². The highest BCUT2D eigenvalue weighted by Crippen LogP contribution is 2.35. The van der Waals surface area contributed by atoms with Crippen molar-refractivity contribution in [1.82, 2.24) is 10.6 Å². The lowest BCUT2D eigenvalue weighted by Crippen LogP contribution is -2.71. The van der Waals surface area contributed by atoms with Crippen molar-refractivity contribution in [3.05, 3.63) is 0 Å². The summed E-state index contributed by atoms with van der Waals surface area (Å²) in [7, 11) is 1.54. The second kappa shape index (κ2) is 13.6. The van der Waals surface area contributed by atoms with Gasteiger partial charge in [-0.15, -0.1) is 0 Å². The van der Waals surface area contributed by atoms with Gasteiger partial charge in [0.2, 0.25) is 5.91 Å². The summed E-state index contributed by atoms with van der Waals surface area (Å²) < 4.78 is 29.6. The number of rotatable bonds is 8. The number of fused-ring (bicyclic) bond motifs is 1. The van der Waals surface area contributed by atoms with Crippen molar-refractivity contribution in [2.24, 2.45) is 28.7 Å². The molecule has 1 amide bonds. The fraction of sp³-hybridized carbons (Fsp3) is 0.957. The Hall–Kier alpha value is -1.17. The van der Waals surface area contributed by atoms with Crippen molar-refractivity contribution in [3.63, 3.8) is 0 Å². The Bertz CT molecular complexity index is 878. The van der Waals surface area contributed by atoms with Gasteiger partial charge in [0.1, 0.15) is 30.5 Å². The van der Waals surface area contributed by atoms with Crippen molar-refractivity contribution < 1.29 is 54.0 Å². The summed E-state index contributed by atoms with van der Waals surface area (Å²) >= 11 is 0. The Labute approximate surface area is 236 Å². The molecule has 0 radical (unpaired) electrons. The van der Waals surface area contributed by atoms with Crippen LogP contribution in [0.1, 0.15) is 12.8 Å². The summed E-state index contributed by atoms with van der Waals surface area (Å²) in [6.07, 6.45) is -12.5. The maximum atomic E-state index is 11.8. The lowest BCUT2D eigenvalue weighted by atomic mass is 9.83. The van der Waals surface area contributed by atoms with Crippen molar-refractivity contribution in [2.45, 2.75) is 117 Å². The first-order valence-corrected chi connectivity index (χ1v) is 13.7. The van der Waals surface area contributed by atoms with Gasteiger partial charge >= 0.3 is 0 Å². The molecule has 3 saturated heterocycles. The topological polar surface area (TPSA) is 319 Å². The number of aliphatic hydroxyl groups excluding tert-OH is 5. The van der Waals surface area contributed by atoms with Crippen LogP contribution in [0, 0.1) is 0 Å². The van der Waals surface area contributed by atoms with Crippen LogP contribution in [0.15, 0.2) is 0 Å². The molecule has 238 valence electrons. The standard InChI is InChI=1S/C23H45N7O11/c1-29-14-17(35)20-9(3-8(27)21(40-20)39-19-7(26)2-6(25)15(33)12(19)28)37-22(14)41-23-18(36)16(34)13(10(5-31)38-23)30-11(32)4-24/h6-10,12-23,29,31,33-36H,2-5,24-28H2,1H3,(H,30,32)/t6-,7?,8+,9+,10?,12-,13-,14?,15?,16+,17?,18?,19-,20?,21+,22?,23-/m1/s1. The van der Waals surface area contributed by atoms with E-state index in [1.165, 1.54) is 0 Å². The van der Waals surface area contributed by atoms with Crippen LogP contribution in [0.5, 0.6) is 0 Å². The number of amides is 1. The van der Waals surface area contributed by atoms with Gasteiger partial charge in [-0.2, -0.15) is 0 Å². The fourth-order valence-electron chi connectivity index (χ4n) is 5.92. The zero-order valence-corrected chi connectivity index (χ0v) is 22.7. The molecule has 18 nitrogen and oxygen atoms in total. The summed E-state index contributed by atoms with van der Waals surface area (Å²) in [5.41, 5.74) is 29.9. The van der Waals surface area contributed by atoms with E-state index in [1.807, 2.05) is 0 Å². The van der Waals surface area contributed by atoms with Gasteiger partial charge in [-0.3, -0.25) is 4.79 Å². The molecule has 3 heterocycles. The lowest BCUT2D eigenvalue weighted by Gasteiger charge is -2.51. The Balaban J connectivity index is 1.43. The van der Waals surface area contributed by atoms with Gasteiger partial charge in [-0.25, -0.2) is 0 Å². The Morgan fingerprint density at radius 1 is 0.829 bits per heavy atom. The average molecular weight is 596 g/mol. The maximum absolute atomic E-state index is 11.8. The van der Waals surface area contributed by atoms with Crippen molar-refractivity contribution in [2.75, 3.05) is 20.2 Å². The average Bonchev–Trinajstić information content (AvgIpc) is 2.94. The highest BCUT2D eigenvalue weighted by Gasteiger charge is 2.54. The van der Waals surface area contributed by atoms with Gasteiger partial charge in [-0.05, 0) is 19.9 Å². The normalized spacial score (nSPS) is 50.7. The van der Waals surface area contributed by atoms with E-state index in [-0.39, 0.29) is 19.4 Å². The van der Waals surface area contributed by atoms with Crippen LogP contribution < -0.4 is 39.3 Å². The molecule has 8 unspecified atom stereocenters. The predicted octanol–water partition coefficient (Wildman–Crippen LogP) is -7.87. The molecule has 4 fully saturated rings. The molecule has 4 aliphatic rings. The number of nitrogens with one attached hydrogen (secondary N) is 2. The van der Waals surface area contributed by atoms with Crippen LogP contribution in [0.2, 0.25) is 0 Å². The number of hydrogen-bond acceptors (Lipinski definition) is 17. The molecule has 17 N–H and O–H groups in total. The number of carbonyl (C=O) groups is 1. The third kappa shape index (κ3) is 6.68. The highest BCUT2D eigenvalue weighted by atomic mass is 16.8. The first-order valence-electron chi connectivity index (χ1n) is 13.7. The van der Waals surface area contributed by atoms with E-state index in [9.17, 15) is 30.3 Å². The van der Waals surface area contributed by atoms with E-state index >= 15 is 0 Å². The summed E-state index contributed by atoms with van der Waals surface area (Å²) in [6.45, 7) is -0.987. The minimum Gasteiger partial charge on any atom is -0.394 e. The lowest BCUT2D eigenvalue weighted by molar-refractivity contribution is -0.372. The number of carbonyl (C=O) groups excluding carboxylic acids is 1. The van der Waals surface area contributed by atoms with Gasteiger partial charge in [0.15, 0.2) is 18.9 Å². The van der Waals surface area contributed by atoms with Crippen LogP contribution >= 0.6 is 0 Å². The van der Waals surface area contributed by atoms with Crippen molar-refractivity contribution in [3.8, 4) is 0 Å². The van der Waals surface area contributed by atoms with Crippen molar-refractivity contribution >= 4 is 5.91 Å². The number of hydrogen-bond donors (Lipinski definition) is 12. The Morgan fingerprint density at radius 2 is 1.54 bits per heavy atom. The van der Waals surface area contributed by atoms with Gasteiger partial charge in [0.25, 0.3) is 0 Å². The zero-order chi connectivity index (χ0) is 30.2. The molecule has 0 aromatic carbocycles. The molecule has 1 saturated carbocycles. The first kappa shape index (κ1) is 32.7. The third-order valence-electron chi connectivity index (χ3n) is 8.29. The van der Waals surface area contributed by atoms with E-state index in [0.717, 1.165) is 0 Å². The van der Waals surface area contributed by atoms with Gasteiger partial charge in [0.05, 0.1) is 55.6 Å². The Kier molecular flexibility index (Phi) is 10.9. The maximum Gasteiger partial charge on any atom is 0.234 e. The highest BCUT2D eigenvalue weighted by molar-refractivity contribution is 5.78. The monoisotopic (exact) mass is 595 g/mol. The zero-order valence-electron chi connectivity index (χ0n) is 22.7. The summed E-state index contributed by atoms with van der Waals surface area (Å²) in [5, 5.41) is 58.0. The summed E-state index contributed by atoms with van der Waals surface area (Å²) in [4.78, 5) is 11.8. The third-order valence-corrected chi connectivity index (χ3v) is 8.29. The summed E-state index contributed by atoms with van der Waals surface area (Å²) in [5.74, 6) is -0.620. The van der Waals surface area contributed by atoms with E-state index in [2.05, 4.69) is 10.6 Å². The SMILES string of the molecule is CNC1C(O[C@H]2OC(CO)[C@@H](NC(=O)CN)[C@H](O)C2O)O[C@H]2C[C@H](N)[C@@H](O[C@@H]3C(N)C[C@@H](N)C(O)[C@H]3N)OC2C1O. The van der Waals surface area contributed by atoms with Gasteiger partial charge in [-0.1, -0.05) is 0 Å².